The van der Waals surface area contributed by atoms with Gasteiger partial charge in [-0.15, -0.1) is 0 Å². The van der Waals surface area contributed by atoms with Gasteiger partial charge in [-0.1, -0.05) is 0 Å². The molecule has 1 amide bonds. The first-order valence-corrected chi connectivity index (χ1v) is 5.65. The number of carboxylic acid groups (broad SMARTS) is 1. The molecule has 0 aromatic carbocycles. The molecule has 9 heteroatoms. The maximum absolute atomic E-state index is 11.9. The number of amides is 1. The predicted octanol–water partition coefficient (Wildman–Crippen LogP) is -2.35. The fraction of sp³-hybridized carbons (Fsp3) is 0.455. The fourth-order valence-electron chi connectivity index (χ4n) is 1.57. The molecule has 20 heavy (non-hydrogen) atoms. The van der Waals surface area contributed by atoms with Crippen LogP contribution in [0.1, 0.15) is 17.3 Å². The molecule has 1 aromatic rings. The van der Waals surface area contributed by atoms with Crippen molar-refractivity contribution in [2.45, 2.75) is 19.1 Å². The summed E-state index contributed by atoms with van der Waals surface area (Å²) in [7, 11) is 2.55. The molecule has 2 atom stereocenters. The van der Waals surface area contributed by atoms with Crippen molar-refractivity contribution in [1.29, 1.82) is 0 Å². The second-order valence-electron chi connectivity index (χ2n) is 4.33. The van der Waals surface area contributed by atoms with Crippen molar-refractivity contribution in [3.63, 3.8) is 0 Å². The molecule has 110 valence electrons. The Morgan fingerprint density at radius 3 is 2.30 bits per heavy atom. The van der Waals surface area contributed by atoms with Crippen molar-refractivity contribution in [3.8, 4) is 0 Å². The number of hydrogen-bond donors (Lipinski definition) is 3. The molecule has 1 heterocycles. The average Bonchev–Trinajstić information content (AvgIpc) is 2.36. The van der Waals surface area contributed by atoms with Gasteiger partial charge in [0.15, 0.2) is 6.04 Å². The molecule has 0 spiro atoms. The Morgan fingerprint density at radius 2 is 1.85 bits per heavy atom. The second kappa shape index (κ2) is 5.70. The van der Waals surface area contributed by atoms with Crippen LogP contribution in [0.5, 0.6) is 0 Å². The van der Waals surface area contributed by atoms with Gasteiger partial charge in [0.2, 0.25) is 0 Å². The highest BCUT2D eigenvalue weighted by Gasteiger charge is 2.27. The van der Waals surface area contributed by atoms with E-state index in [2.05, 4.69) is 0 Å². The highest BCUT2D eigenvalue weighted by atomic mass is 16.4. The highest BCUT2D eigenvalue weighted by Crippen LogP contribution is 1.96. The third kappa shape index (κ3) is 2.94. The molecule has 0 saturated heterocycles. The van der Waals surface area contributed by atoms with Crippen molar-refractivity contribution in [2.24, 2.45) is 14.1 Å². The summed E-state index contributed by atoms with van der Waals surface area (Å²) in [5, 5.41) is 20.1. The molecule has 2 unspecified atom stereocenters. The number of aliphatic carboxylic acids is 1. The Bertz CT molecular complexity index is 657. The van der Waals surface area contributed by atoms with Gasteiger partial charge in [-0.25, -0.2) is 9.59 Å². The van der Waals surface area contributed by atoms with E-state index < -0.39 is 35.3 Å². The van der Waals surface area contributed by atoms with Crippen molar-refractivity contribution in [2.75, 3.05) is 0 Å². The lowest BCUT2D eigenvalue weighted by atomic mass is 10.1. The summed E-state index contributed by atoms with van der Waals surface area (Å²) in [6.45, 7) is 1.19. The molecule has 0 aliphatic rings. The van der Waals surface area contributed by atoms with Crippen LogP contribution >= 0.6 is 0 Å². The monoisotopic (exact) mass is 285 g/mol. The first kappa shape index (κ1) is 15.6. The minimum absolute atomic E-state index is 0.387. The van der Waals surface area contributed by atoms with E-state index in [0.29, 0.717) is 0 Å². The smallest absolute Gasteiger partial charge is 0.330 e. The molecular weight excluding hydrogens is 270 g/mol. The quantitative estimate of drug-likeness (QED) is 0.567. The van der Waals surface area contributed by atoms with Crippen LogP contribution in [0.15, 0.2) is 15.8 Å². The van der Waals surface area contributed by atoms with Crippen molar-refractivity contribution < 1.29 is 19.8 Å². The number of carboxylic acids is 1. The molecule has 3 N–H and O–H groups in total. The van der Waals surface area contributed by atoms with Crippen molar-refractivity contribution in [3.05, 3.63) is 32.6 Å². The summed E-state index contributed by atoms with van der Waals surface area (Å²) in [6, 6.07) is -1.55. The summed E-state index contributed by atoms with van der Waals surface area (Å²) in [4.78, 5) is 46.0. The van der Waals surface area contributed by atoms with E-state index in [1.807, 2.05) is 5.32 Å². The summed E-state index contributed by atoms with van der Waals surface area (Å²) in [5.41, 5.74) is -1.85. The largest absolute Gasteiger partial charge is 0.480 e. The molecule has 0 aliphatic carbocycles. The first-order valence-electron chi connectivity index (χ1n) is 5.65. The van der Waals surface area contributed by atoms with Gasteiger partial charge in [0.1, 0.15) is 5.56 Å². The second-order valence-corrected chi connectivity index (χ2v) is 4.33. The number of aliphatic hydroxyl groups excluding tert-OH is 1. The lowest BCUT2D eigenvalue weighted by Crippen LogP contribution is -2.50. The van der Waals surface area contributed by atoms with E-state index in [0.717, 1.165) is 15.3 Å². The number of aromatic nitrogens is 2. The standard InChI is InChI=1S/C11H15N3O6/c1-5(15)7(10(18)19)12-8(16)6-4-13(2)11(20)14(3)9(6)17/h4-5,7,15H,1-3H3,(H,12,16)(H,18,19). The minimum atomic E-state index is -1.55. The SMILES string of the molecule is CC(O)C(NC(=O)c1cn(C)c(=O)n(C)c1=O)C(=O)O. The summed E-state index contributed by atoms with van der Waals surface area (Å²) in [6.07, 6.45) is -0.325. The van der Waals surface area contributed by atoms with Crippen molar-refractivity contribution in [1.82, 2.24) is 14.5 Å². The average molecular weight is 285 g/mol. The molecule has 0 bridgehead atoms. The van der Waals surface area contributed by atoms with Crippen LogP contribution in [0.4, 0.5) is 0 Å². The molecule has 1 aromatic heterocycles. The summed E-state index contributed by atoms with van der Waals surface area (Å²) < 4.78 is 1.75. The van der Waals surface area contributed by atoms with Gasteiger partial charge in [-0.05, 0) is 6.92 Å². The molecule has 0 radical (unpaired) electrons. The van der Waals surface area contributed by atoms with Crippen LogP contribution in [0, 0.1) is 0 Å². The molecule has 0 fully saturated rings. The predicted molar refractivity (Wildman–Crippen MR) is 67.5 cm³/mol. The van der Waals surface area contributed by atoms with E-state index in [-0.39, 0.29) is 5.56 Å². The van der Waals surface area contributed by atoms with E-state index in [1.165, 1.54) is 21.0 Å². The summed E-state index contributed by atoms with van der Waals surface area (Å²) in [5.74, 6) is -2.41. The van der Waals surface area contributed by atoms with E-state index in [9.17, 15) is 24.3 Å². The van der Waals surface area contributed by atoms with E-state index >= 15 is 0 Å². The van der Waals surface area contributed by atoms with Gasteiger partial charge in [0.05, 0.1) is 6.10 Å². The lowest BCUT2D eigenvalue weighted by Gasteiger charge is -2.17. The van der Waals surface area contributed by atoms with Crippen LogP contribution in [0.3, 0.4) is 0 Å². The Hall–Kier alpha value is -2.42. The molecule has 1 rings (SSSR count). The lowest BCUT2D eigenvalue weighted by molar-refractivity contribution is -0.141. The van der Waals surface area contributed by atoms with Gasteiger partial charge in [-0.3, -0.25) is 14.2 Å². The first-order chi connectivity index (χ1) is 9.16. The van der Waals surface area contributed by atoms with E-state index in [4.69, 9.17) is 5.11 Å². The third-order valence-electron chi connectivity index (χ3n) is 2.73. The zero-order valence-electron chi connectivity index (χ0n) is 11.2. The molecular formula is C11H15N3O6. The van der Waals surface area contributed by atoms with Crippen LogP contribution < -0.4 is 16.6 Å². The number of aliphatic hydroxyl groups is 1. The summed E-state index contributed by atoms with van der Waals surface area (Å²) >= 11 is 0. The third-order valence-corrected chi connectivity index (χ3v) is 2.73. The number of hydrogen-bond acceptors (Lipinski definition) is 5. The number of carbonyl (C=O) groups is 2. The van der Waals surface area contributed by atoms with Gasteiger partial charge in [0.25, 0.3) is 11.5 Å². The Kier molecular flexibility index (Phi) is 4.45. The minimum Gasteiger partial charge on any atom is -0.480 e. The maximum atomic E-state index is 11.9. The molecule has 0 saturated carbocycles. The fourth-order valence-corrected chi connectivity index (χ4v) is 1.57. The Morgan fingerprint density at radius 1 is 1.30 bits per heavy atom. The van der Waals surface area contributed by atoms with Crippen LogP contribution in [0.2, 0.25) is 0 Å². The topological polar surface area (TPSA) is 131 Å². The normalized spacial score (nSPS) is 13.6. The molecule has 9 nitrogen and oxygen atoms in total. The van der Waals surface area contributed by atoms with Crippen LogP contribution in [-0.2, 0) is 18.9 Å². The highest BCUT2D eigenvalue weighted by molar-refractivity contribution is 5.96. The Labute approximate surface area is 113 Å². The van der Waals surface area contributed by atoms with Gasteiger partial charge in [0, 0.05) is 20.3 Å². The number of nitrogens with one attached hydrogen (secondary N) is 1. The number of rotatable bonds is 4. The number of aryl methyl sites for hydroxylation is 1. The zero-order valence-corrected chi connectivity index (χ0v) is 11.2. The van der Waals surface area contributed by atoms with E-state index in [1.54, 1.807) is 0 Å². The number of carbonyl (C=O) groups excluding carboxylic acids is 1. The Balaban J connectivity index is 3.20. The maximum Gasteiger partial charge on any atom is 0.330 e. The van der Waals surface area contributed by atoms with Crippen LogP contribution in [0.25, 0.3) is 0 Å². The zero-order chi connectivity index (χ0) is 15.6. The van der Waals surface area contributed by atoms with Gasteiger partial charge >= 0.3 is 11.7 Å². The van der Waals surface area contributed by atoms with Crippen LogP contribution in [-0.4, -0.2) is 43.4 Å². The van der Waals surface area contributed by atoms with Gasteiger partial charge < -0.3 is 20.1 Å². The molecule has 0 aliphatic heterocycles. The van der Waals surface area contributed by atoms with Crippen molar-refractivity contribution >= 4 is 11.9 Å². The van der Waals surface area contributed by atoms with Gasteiger partial charge in [-0.2, -0.15) is 0 Å². The number of nitrogens with zero attached hydrogens (tertiary/aromatic N) is 2.